The zero-order valence-electron chi connectivity index (χ0n) is 22.2. The summed E-state index contributed by atoms with van der Waals surface area (Å²) >= 11 is 0. The molecule has 0 saturated carbocycles. The normalized spacial score (nSPS) is 22.5. The van der Waals surface area contributed by atoms with E-state index in [1.165, 1.54) is 8.05 Å². The van der Waals surface area contributed by atoms with Crippen LogP contribution in [0.25, 0.3) is 0 Å². The fourth-order valence-electron chi connectivity index (χ4n) is 3.89. The SMILES string of the molecule is BOC1C(OP(=O)(CCCC)OCCCC)OC(COC(=O)c2ccccc2)C1OC(=O)c1ccccc1. The van der Waals surface area contributed by atoms with Crippen molar-refractivity contribution in [2.75, 3.05) is 19.4 Å². The minimum atomic E-state index is -3.55. The molecule has 1 saturated heterocycles. The summed E-state index contributed by atoms with van der Waals surface area (Å²) < 4.78 is 48.2. The zero-order valence-corrected chi connectivity index (χ0v) is 23.0. The largest absolute Gasteiger partial charge is 0.459 e. The lowest BCUT2D eigenvalue weighted by molar-refractivity contribution is -0.117. The van der Waals surface area contributed by atoms with E-state index in [1.54, 1.807) is 60.7 Å². The molecule has 0 aliphatic carbocycles. The molecule has 1 fully saturated rings. The van der Waals surface area contributed by atoms with Crippen LogP contribution < -0.4 is 0 Å². The van der Waals surface area contributed by atoms with Crippen LogP contribution in [-0.2, 0) is 32.5 Å². The third-order valence-corrected chi connectivity index (χ3v) is 7.99. The highest BCUT2D eigenvalue weighted by Gasteiger charge is 2.51. The van der Waals surface area contributed by atoms with Gasteiger partial charge in [0, 0.05) is 0 Å². The first kappa shape index (κ1) is 30.1. The number of hydrogen-bond donors (Lipinski definition) is 0. The molecule has 0 amide bonds. The first-order valence-electron chi connectivity index (χ1n) is 13.0. The average Bonchev–Trinajstić information content (AvgIpc) is 3.26. The maximum absolute atomic E-state index is 13.6. The van der Waals surface area contributed by atoms with Gasteiger partial charge < -0.3 is 23.4 Å². The van der Waals surface area contributed by atoms with Crippen LogP contribution in [0, 0.1) is 0 Å². The summed E-state index contributed by atoms with van der Waals surface area (Å²) in [5.41, 5.74) is 0.705. The Labute approximate surface area is 225 Å². The van der Waals surface area contributed by atoms with Crippen molar-refractivity contribution in [3.05, 3.63) is 71.8 Å². The van der Waals surface area contributed by atoms with Gasteiger partial charge in [-0.05, 0) is 37.1 Å². The second-order valence-corrected chi connectivity index (χ2v) is 11.1. The molecule has 206 valence electrons. The molecule has 5 unspecified atom stereocenters. The topological polar surface area (TPSA) is 107 Å². The van der Waals surface area contributed by atoms with Crippen molar-refractivity contribution in [2.24, 2.45) is 0 Å². The van der Waals surface area contributed by atoms with E-state index in [9.17, 15) is 14.2 Å². The summed E-state index contributed by atoms with van der Waals surface area (Å²) in [5, 5.41) is 0. The molecular formula is C27H36BO9P. The van der Waals surface area contributed by atoms with Gasteiger partial charge in [-0.2, -0.15) is 0 Å². The van der Waals surface area contributed by atoms with Crippen molar-refractivity contribution in [3.63, 3.8) is 0 Å². The quantitative estimate of drug-likeness (QED) is 0.138. The van der Waals surface area contributed by atoms with Gasteiger partial charge in [0.15, 0.2) is 12.4 Å². The zero-order chi connectivity index (χ0) is 27.4. The van der Waals surface area contributed by atoms with E-state index in [4.69, 9.17) is 27.9 Å². The van der Waals surface area contributed by atoms with Crippen molar-refractivity contribution < 1.29 is 42.1 Å². The van der Waals surface area contributed by atoms with Gasteiger partial charge in [0.1, 0.15) is 18.8 Å². The van der Waals surface area contributed by atoms with Gasteiger partial charge in [-0.3, -0.25) is 9.09 Å². The van der Waals surface area contributed by atoms with Gasteiger partial charge >= 0.3 is 19.5 Å². The Morgan fingerprint density at radius 3 is 2.08 bits per heavy atom. The van der Waals surface area contributed by atoms with Crippen LogP contribution in [0.15, 0.2) is 60.7 Å². The fourth-order valence-corrected chi connectivity index (χ4v) is 5.78. The summed E-state index contributed by atoms with van der Waals surface area (Å²) in [6.45, 7) is 4.04. The Morgan fingerprint density at radius 2 is 1.50 bits per heavy atom. The molecule has 0 radical (unpaired) electrons. The molecule has 3 rings (SSSR count). The van der Waals surface area contributed by atoms with Crippen molar-refractivity contribution in [1.82, 2.24) is 0 Å². The van der Waals surface area contributed by atoms with Crippen molar-refractivity contribution in [3.8, 4) is 0 Å². The third kappa shape index (κ3) is 8.51. The minimum Gasteiger partial charge on any atom is -0.459 e. The summed E-state index contributed by atoms with van der Waals surface area (Å²) in [7, 11) is -2.13. The summed E-state index contributed by atoms with van der Waals surface area (Å²) in [6.07, 6.45) is -0.777. The molecule has 0 spiro atoms. The molecule has 0 aromatic heterocycles. The number of unbranched alkanes of at least 4 members (excludes halogenated alkanes) is 2. The standard InChI is InChI=1S/C27H36BO9P/c1-3-5-17-33-38(31,18-6-4-2)37-27-24(36-28)23(35-26(30)21-15-11-8-12-16-21)22(34-27)19-32-25(29)20-13-9-7-10-14-20/h7-16,22-24,27H,3-6,17-19,28H2,1-2H3. The molecule has 1 aliphatic heterocycles. The first-order valence-corrected chi connectivity index (χ1v) is 14.7. The lowest BCUT2D eigenvalue weighted by atomic mass is 10.1. The van der Waals surface area contributed by atoms with Crippen LogP contribution in [-0.4, -0.2) is 64.0 Å². The Morgan fingerprint density at radius 1 is 0.895 bits per heavy atom. The highest BCUT2D eigenvalue weighted by Crippen LogP contribution is 2.52. The van der Waals surface area contributed by atoms with Crippen molar-refractivity contribution in [2.45, 2.75) is 64.1 Å². The molecule has 0 bridgehead atoms. The number of carbonyl (C=O) groups excluding carboxylic acids is 2. The predicted molar refractivity (Wildman–Crippen MR) is 144 cm³/mol. The van der Waals surface area contributed by atoms with Gasteiger partial charge in [-0.15, -0.1) is 0 Å². The summed E-state index contributed by atoms with van der Waals surface area (Å²) in [5.74, 6) is -1.16. The van der Waals surface area contributed by atoms with Crippen LogP contribution in [0.3, 0.4) is 0 Å². The van der Waals surface area contributed by atoms with Crippen molar-refractivity contribution in [1.29, 1.82) is 0 Å². The molecule has 38 heavy (non-hydrogen) atoms. The molecule has 0 N–H and O–H groups in total. The number of rotatable bonds is 15. The van der Waals surface area contributed by atoms with E-state index in [-0.39, 0.29) is 19.4 Å². The van der Waals surface area contributed by atoms with Crippen molar-refractivity contribution >= 4 is 27.6 Å². The molecular weight excluding hydrogens is 510 g/mol. The van der Waals surface area contributed by atoms with E-state index < -0.39 is 44.1 Å². The van der Waals surface area contributed by atoms with E-state index in [0.29, 0.717) is 17.5 Å². The highest BCUT2D eigenvalue weighted by atomic mass is 31.2. The molecule has 9 nitrogen and oxygen atoms in total. The molecule has 2 aromatic carbocycles. The first-order chi connectivity index (χ1) is 18.4. The predicted octanol–water partition coefficient (Wildman–Crippen LogP) is 4.55. The maximum Gasteiger partial charge on any atom is 0.338 e. The molecule has 2 aromatic rings. The van der Waals surface area contributed by atoms with Gasteiger partial charge in [0.05, 0.1) is 23.9 Å². The van der Waals surface area contributed by atoms with Crippen LogP contribution in [0.2, 0.25) is 0 Å². The van der Waals surface area contributed by atoms with Crippen LogP contribution >= 0.6 is 7.60 Å². The second-order valence-electron chi connectivity index (χ2n) is 8.92. The Balaban J connectivity index is 1.80. The third-order valence-electron chi connectivity index (χ3n) is 6.02. The average molecular weight is 546 g/mol. The van der Waals surface area contributed by atoms with Gasteiger partial charge in [0.2, 0.25) is 0 Å². The molecule has 5 atom stereocenters. The van der Waals surface area contributed by atoms with E-state index in [0.717, 1.165) is 19.3 Å². The molecule has 1 heterocycles. The number of esters is 2. The Hall–Kier alpha value is -2.49. The smallest absolute Gasteiger partial charge is 0.338 e. The molecule has 11 heteroatoms. The van der Waals surface area contributed by atoms with Crippen LogP contribution in [0.4, 0.5) is 0 Å². The monoisotopic (exact) mass is 546 g/mol. The van der Waals surface area contributed by atoms with E-state index >= 15 is 0 Å². The number of carbonyl (C=O) groups is 2. The fraction of sp³-hybridized carbons (Fsp3) is 0.481. The lowest BCUT2D eigenvalue weighted by Gasteiger charge is -2.26. The van der Waals surface area contributed by atoms with Gasteiger partial charge in [-0.25, -0.2) is 9.59 Å². The summed E-state index contributed by atoms with van der Waals surface area (Å²) in [6, 6.07) is 17.0. The van der Waals surface area contributed by atoms with Crippen LogP contribution in [0.1, 0.15) is 60.2 Å². The number of benzene rings is 2. The van der Waals surface area contributed by atoms with E-state index in [2.05, 4.69) is 0 Å². The van der Waals surface area contributed by atoms with Gasteiger partial charge in [-0.1, -0.05) is 63.1 Å². The Bertz CT molecular complexity index is 1050. The Kier molecular flexibility index (Phi) is 12.0. The van der Waals surface area contributed by atoms with Gasteiger partial charge in [0.25, 0.3) is 8.05 Å². The van der Waals surface area contributed by atoms with Crippen LogP contribution in [0.5, 0.6) is 0 Å². The lowest BCUT2D eigenvalue weighted by Crippen LogP contribution is -2.41. The summed E-state index contributed by atoms with van der Waals surface area (Å²) in [4.78, 5) is 25.5. The van der Waals surface area contributed by atoms with E-state index in [1.807, 2.05) is 13.8 Å². The highest BCUT2D eigenvalue weighted by molar-refractivity contribution is 7.53. The number of hydrogen-bond acceptors (Lipinski definition) is 9. The maximum atomic E-state index is 13.6. The number of ether oxygens (including phenoxy) is 3. The molecule has 1 aliphatic rings. The minimum absolute atomic E-state index is 0.214. The second kappa shape index (κ2) is 15.2.